The van der Waals surface area contributed by atoms with Gasteiger partial charge in [-0.3, -0.25) is 0 Å². The normalized spacial score (nSPS) is 8.78. The van der Waals surface area contributed by atoms with Gasteiger partial charge in [-0.15, -0.1) is 0 Å². The summed E-state index contributed by atoms with van der Waals surface area (Å²) in [7, 11) is 0. The summed E-state index contributed by atoms with van der Waals surface area (Å²) >= 11 is 10.2. The van der Waals surface area contributed by atoms with E-state index < -0.39 is 6.63 Å². The lowest BCUT2D eigenvalue weighted by Gasteiger charge is -1.98. The lowest BCUT2D eigenvalue weighted by molar-refractivity contribution is 1.50. The van der Waals surface area contributed by atoms with Gasteiger partial charge in [0.15, 0.2) is 0 Å². The third-order valence-electron chi connectivity index (χ3n) is 1.88. The number of hydrogen-bond donors (Lipinski definition) is 0. The molecule has 0 aliphatic heterocycles. The molecule has 2 aromatic rings. The second kappa shape index (κ2) is 11.5. The number of benzene rings is 2. The van der Waals surface area contributed by atoms with Crippen molar-refractivity contribution < 1.29 is 0 Å². The van der Waals surface area contributed by atoms with Crippen molar-refractivity contribution in [1.29, 1.82) is 0 Å². The molecular weight excluding hydrogens is 282 g/mol. The van der Waals surface area contributed by atoms with Crippen LogP contribution in [0.25, 0.3) is 11.1 Å². The van der Waals surface area contributed by atoms with Crippen LogP contribution in [-0.4, -0.2) is 6.66 Å². The molecule has 0 nitrogen and oxygen atoms in total. The molecule has 0 saturated heterocycles. The van der Waals surface area contributed by atoms with E-state index in [0.29, 0.717) is 0 Å². The van der Waals surface area contributed by atoms with Crippen LogP contribution < -0.4 is 0 Å². The van der Waals surface area contributed by atoms with Crippen LogP contribution >= 0.6 is 29.1 Å². The summed E-state index contributed by atoms with van der Waals surface area (Å²) in [4.78, 5) is 0. The molecule has 2 aromatic carbocycles. The molecule has 18 heavy (non-hydrogen) atoms. The van der Waals surface area contributed by atoms with E-state index >= 15 is 0 Å². The molecule has 0 saturated carbocycles. The van der Waals surface area contributed by atoms with Crippen molar-refractivity contribution in [1.82, 2.24) is 0 Å². The van der Waals surface area contributed by atoms with Gasteiger partial charge in [-0.25, -0.2) is 0 Å². The van der Waals surface area contributed by atoms with E-state index in [0.717, 1.165) is 0 Å². The summed E-state index contributed by atoms with van der Waals surface area (Å²) in [6, 6.07) is 20.8. The molecule has 0 bridgehead atoms. The van der Waals surface area contributed by atoms with Crippen molar-refractivity contribution in [2.24, 2.45) is 0 Å². The van der Waals surface area contributed by atoms with Crippen LogP contribution in [0.1, 0.15) is 13.8 Å². The molecule has 0 aliphatic carbocycles. The third-order valence-corrected chi connectivity index (χ3v) is 1.88. The van der Waals surface area contributed by atoms with Gasteiger partial charge in [0.1, 0.15) is 0 Å². The Morgan fingerprint density at radius 1 is 0.667 bits per heavy atom. The molecule has 0 N–H and O–H groups in total. The fraction of sp³-hybridized carbons (Fsp3) is 0.200. The maximum absolute atomic E-state index is 5.10. The van der Waals surface area contributed by atoms with Crippen LogP contribution in [0.5, 0.6) is 0 Å². The van der Waals surface area contributed by atoms with E-state index in [2.05, 4.69) is 48.5 Å². The predicted octanol–water partition coefficient (Wildman–Crippen LogP) is 6.79. The summed E-state index contributed by atoms with van der Waals surface area (Å²) in [6.45, 7) is 5.09. The Hall–Kier alpha value is -0.550. The Morgan fingerprint density at radius 2 is 0.889 bits per heavy atom. The van der Waals surface area contributed by atoms with Crippen molar-refractivity contribution >= 4 is 29.1 Å². The Kier molecular flexibility index (Phi) is 11.2. The summed E-state index contributed by atoms with van der Waals surface area (Å²) < 4.78 is 0. The molecule has 0 aliphatic rings. The topological polar surface area (TPSA) is 0 Å². The Bertz CT molecular complexity index is 347. The third kappa shape index (κ3) is 8.53. The van der Waals surface area contributed by atoms with Crippen molar-refractivity contribution in [3.63, 3.8) is 0 Å². The van der Waals surface area contributed by atoms with Crippen molar-refractivity contribution in [2.75, 3.05) is 6.66 Å². The van der Waals surface area contributed by atoms with Gasteiger partial charge in [-0.1, -0.05) is 97.0 Å². The first-order valence-electron chi connectivity index (χ1n) is 5.86. The lowest BCUT2D eigenvalue weighted by Crippen LogP contribution is -1.73. The molecule has 0 spiro atoms. The van der Waals surface area contributed by atoms with Crippen LogP contribution in [-0.2, 0) is 0 Å². The van der Waals surface area contributed by atoms with Crippen molar-refractivity contribution in [3.05, 3.63) is 60.7 Å². The number of hydrogen-bond acceptors (Lipinski definition) is 0. The van der Waals surface area contributed by atoms with Crippen LogP contribution in [0, 0.1) is 0 Å². The summed E-state index contributed by atoms with van der Waals surface area (Å²) in [5.74, 6) is 0. The highest BCUT2D eigenvalue weighted by Gasteiger charge is 1.91. The van der Waals surface area contributed by atoms with Crippen LogP contribution in [0.3, 0.4) is 0 Å². The monoisotopic (exact) mass is 300 g/mol. The molecule has 98 valence electrons. The number of rotatable bonds is 1. The van der Waals surface area contributed by atoms with E-state index in [4.69, 9.17) is 22.5 Å². The zero-order valence-corrected chi connectivity index (χ0v) is 13.4. The molecule has 0 fully saturated rings. The van der Waals surface area contributed by atoms with Gasteiger partial charge in [0.2, 0.25) is 0 Å². The SMILES string of the molecule is CC.CP(Cl)Cl.c1ccc(-c2ccccc2)cc1. The van der Waals surface area contributed by atoms with Crippen LogP contribution in [0.2, 0.25) is 0 Å². The zero-order chi connectivity index (χ0) is 13.8. The maximum Gasteiger partial charge on any atom is 0.0823 e. The van der Waals surface area contributed by atoms with Crippen molar-refractivity contribution in [3.8, 4) is 11.1 Å². The Balaban J connectivity index is 0.000000415. The number of halogens is 2. The van der Waals surface area contributed by atoms with Gasteiger partial charge in [0.05, 0.1) is 6.63 Å². The molecule has 3 heteroatoms. The Morgan fingerprint density at radius 3 is 1.11 bits per heavy atom. The highest BCUT2D eigenvalue weighted by atomic mass is 35.9. The van der Waals surface area contributed by atoms with Gasteiger partial charge in [0.25, 0.3) is 0 Å². The first-order chi connectivity index (χ1) is 8.70. The largest absolute Gasteiger partial charge is 0.0823 e. The standard InChI is InChI=1S/C12H10.C2H6.CH3Cl2P/c1-3-7-11(8-4-1)12-9-5-2-6-10-12;1-2;1-4(2)3/h1-10H;1-2H3;1H3. The maximum atomic E-state index is 5.10. The van der Waals surface area contributed by atoms with E-state index in [1.165, 1.54) is 11.1 Å². The molecule has 0 unspecified atom stereocenters. The summed E-state index contributed by atoms with van der Waals surface area (Å²) in [5.41, 5.74) is 2.55. The first-order valence-corrected chi connectivity index (χ1v) is 9.46. The van der Waals surface area contributed by atoms with Crippen molar-refractivity contribution in [2.45, 2.75) is 13.8 Å². The van der Waals surface area contributed by atoms with Crippen LogP contribution in [0.15, 0.2) is 60.7 Å². The summed E-state index contributed by atoms with van der Waals surface area (Å²) in [5, 5.41) is 0. The lowest BCUT2D eigenvalue weighted by atomic mass is 10.1. The molecule has 0 radical (unpaired) electrons. The first kappa shape index (κ1) is 17.4. The smallest absolute Gasteiger partial charge is 0.0784 e. The van der Waals surface area contributed by atoms with E-state index in [1.807, 2.05) is 26.0 Å². The van der Waals surface area contributed by atoms with Gasteiger partial charge in [-0.05, 0) is 17.8 Å². The van der Waals surface area contributed by atoms with Gasteiger partial charge in [0, 0.05) is 0 Å². The molecule has 0 aromatic heterocycles. The minimum Gasteiger partial charge on any atom is -0.0784 e. The van der Waals surface area contributed by atoms with Crippen LogP contribution in [0.4, 0.5) is 0 Å². The molecule has 0 amide bonds. The molecule has 2 rings (SSSR count). The summed E-state index contributed by atoms with van der Waals surface area (Å²) in [6.07, 6.45) is 0. The minimum atomic E-state index is -0.676. The molecular formula is C15H19Cl2P. The predicted molar refractivity (Wildman–Crippen MR) is 87.8 cm³/mol. The van der Waals surface area contributed by atoms with Gasteiger partial charge >= 0.3 is 0 Å². The zero-order valence-electron chi connectivity index (χ0n) is 11.0. The highest BCUT2D eigenvalue weighted by Crippen LogP contribution is 2.41. The molecule has 0 atom stereocenters. The Labute approximate surface area is 121 Å². The van der Waals surface area contributed by atoms with E-state index in [-0.39, 0.29) is 0 Å². The fourth-order valence-corrected chi connectivity index (χ4v) is 1.26. The van der Waals surface area contributed by atoms with E-state index in [1.54, 1.807) is 6.66 Å². The minimum absolute atomic E-state index is 0.676. The van der Waals surface area contributed by atoms with Gasteiger partial charge < -0.3 is 0 Å². The van der Waals surface area contributed by atoms with Gasteiger partial charge in [-0.2, -0.15) is 0 Å². The average molecular weight is 301 g/mol. The second-order valence-electron chi connectivity index (χ2n) is 3.13. The average Bonchev–Trinajstić information content (AvgIpc) is 2.42. The molecule has 0 heterocycles. The van der Waals surface area contributed by atoms with E-state index in [9.17, 15) is 0 Å². The highest BCUT2D eigenvalue weighted by molar-refractivity contribution is 8.03. The second-order valence-corrected chi connectivity index (χ2v) is 7.50. The fourth-order valence-electron chi connectivity index (χ4n) is 1.26. The quantitative estimate of drug-likeness (QED) is 0.509.